The van der Waals surface area contributed by atoms with E-state index in [0.717, 1.165) is 24.3 Å². The molecule has 17 heavy (non-hydrogen) atoms. The Morgan fingerprint density at radius 3 is 2.76 bits per heavy atom. The predicted molar refractivity (Wildman–Crippen MR) is 69.8 cm³/mol. The third-order valence-electron chi connectivity index (χ3n) is 3.61. The molecule has 1 aliphatic carbocycles. The van der Waals surface area contributed by atoms with Gasteiger partial charge in [-0.3, -0.25) is 0 Å². The van der Waals surface area contributed by atoms with Crippen molar-refractivity contribution in [3.8, 4) is 0 Å². The monoisotopic (exact) mass is 236 g/mol. The molecule has 0 heterocycles. The minimum Gasteiger partial charge on any atom is -0.369 e. The Hall–Kier alpha value is -1.09. The Morgan fingerprint density at radius 2 is 2.18 bits per heavy atom. The Kier molecular flexibility index (Phi) is 4.00. The van der Waals surface area contributed by atoms with E-state index in [1.165, 1.54) is 19.3 Å². The maximum Gasteiger partial charge on any atom is 0.146 e. The van der Waals surface area contributed by atoms with Gasteiger partial charge in [-0.05, 0) is 37.4 Å². The van der Waals surface area contributed by atoms with Crippen molar-refractivity contribution >= 4 is 5.69 Å². The van der Waals surface area contributed by atoms with Crippen LogP contribution in [0.2, 0.25) is 0 Å². The lowest BCUT2D eigenvalue weighted by atomic mass is 9.91. The van der Waals surface area contributed by atoms with Crippen LogP contribution in [0.1, 0.15) is 31.7 Å². The first-order chi connectivity index (χ1) is 8.24. The summed E-state index contributed by atoms with van der Waals surface area (Å²) in [7, 11) is 2.01. The molecule has 2 rings (SSSR count). The fourth-order valence-electron chi connectivity index (χ4n) is 2.31. The third-order valence-corrected chi connectivity index (χ3v) is 3.61. The fourth-order valence-corrected chi connectivity index (χ4v) is 2.31. The number of hydrogen-bond acceptors (Lipinski definition) is 2. The third kappa shape index (κ3) is 2.60. The molecule has 1 N–H and O–H groups in total. The molecule has 1 aromatic carbocycles. The molecular weight excluding hydrogens is 215 g/mol. The lowest BCUT2D eigenvalue weighted by Gasteiger charge is -2.37. The molecule has 0 unspecified atom stereocenters. The van der Waals surface area contributed by atoms with Gasteiger partial charge in [0, 0.05) is 19.6 Å². The maximum atomic E-state index is 14.0. The number of halogens is 1. The highest BCUT2D eigenvalue weighted by Crippen LogP contribution is 2.32. The number of nitrogens with one attached hydrogen (secondary N) is 1. The summed E-state index contributed by atoms with van der Waals surface area (Å²) in [6, 6.07) is 5.88. The van der Waals surface area contributed by atoms with Crippen molar-refractivity contribution in [2.24, 2.45) is 0 Å². The van der Waals surface area contributed by atoms with Crippen molar-refractivity contribution in [2.45, 2.75) is 38.8 Å². The standard InChI is InChI=1S/C14H21FN2/c1-3-16-10-11-6-4-9-13(15)14(11)17(2)12-7-5-8-12/h4,6,9,12,16H,3,5,7-8,10H2,1-2H3. The van der Waals surface area contributed by atoms with Crippen molar-refractivity contribution < 1.29 is 4.39 Å². The molecule has 1 aromatic rings. The van der Waals surface area contributed by atoms with E-state index < -0.39 is 0 Å². The molecule has 94 valence electrons. The van der Waals surface area contributed by atoms with Crippen molar-refractivity contribution in [2.75, 3.05) is 18.5 Å². The van der Waals surface area contributed by atoms with Crippen LogP contribution in [0.5, 0.6) is 0 Å². The molecule has 3 heteroatoms. The van der Waals surface area contributed by atoms with Crippen LogP contribution in [0.4, 0.5) is 10.1 Å². The van der Waals surface area contributed by atoms with Gasteiger partial charge in [0.15, 0.2) is 0 Å². The van der Waals surface area contributed by atoms with Crippen LogP contribution in [0.15, 0.2) is 18.2 Å². The number of anilines is 1. The van der Waals surface area contributed by atoms with E-state index in [0.29, 0.717) is 6.04 Å². The Bertz CT molecular complexity index is 374. The van der Waals surface area contributed by atoms with Gasteiger partial charge in [-0.1, -0.05) is 19.1 Å². The summed E-state index contributed by atoms with van der Waals surface area (Å²) in [4.78, 5) is 2.12. The molecule has 0 spiro atoms. The smallest absolute Gasteiger partial charge is 0.146 e. The van der Waals surface area contributed by atoms with Crippen molar-refractivity contribution in [3.05, 3.63) is 29.6 Å². The van der Waals surface area contributed by atoms with Crippen LogP contribution in [0, 0.1) is 5.82 Å². The number of rotatable bonds is 5. The van der Waals surface area contributed by atoms with Gasteiger partial charge in [-0.2, -0.15) is 0 Å². The van der Waals surface area contributed by atoms with Crippen LogP contribution in [0.25, 0.3) is 0 Å². The molecular formula is C14H21FN2. The molecule has 1 aliphatic rings. The lowest BCUT2D eigenvalue weighted by molar-refractivity contribution is 0.397. The van der Waals surface area contributed by atoms with Gasteiger partial charge in [0.25, 0.3) is 0 Å². The quantitative estimate of drug-likeness (QED) is 0.845. The average molecular weight is 236 g/mol. The van der Waals surface area contributed by atoms with Gasteiger partial charge in [0.05, 0.1) is 5.69 Å². The van der Waals surface area contributed by atoms with Gasteiger partial charge in [-0.25, -0.2) is 4.39 Å². The fraction of sp³-hybridized carbons (Fsp3) is 0.571. The first-order valence-electron chi connectivity index (χ1n) is 6.45. The molecule has 2 nitrogen and oxygen atoms in total. The SMILES string of the molecule is CCNCc1cccc(F)c1N(C)C1CCC1. The highest BCUT2D eigenvalue weighted by atomic mass is 19.1. The molecule has 0 atom stereocenters. The van der Waals surface area contributed by atoms with Crippen LogP contribution in [0.3, 0.4) is 0 Å². The summed E-state index contributed by atoms with van der Waals surface area (Å²) in [6.45, 7) is 3.71. The second-order valence-corrected chi connectivity index (χ2v) is 4.72. The normalized spacial score (nSPS) is 15.7. The van der Waals surface area contributed by atoms with E-state index in [1.807, 2.05) is 13.1 Å². The minimum atomic E-state index is -0.102. The molecule has 0 amide bonds. The van der Waals surface area contributed by atoms with Gasteiger partial charge >= 0.3 is 0 Å². The summed E-state index contributed by atoms with van der Waals surface area (Å²) in [5.41, 5.74) is 1.83. The predicted octanol–water partition coefficient (Wildman–Crippen LogP) is 2.92. The van der Waals surface area contributed by atoms with E-state index in [9.17, 15) is 4.39 Å². The van der Waals surface area contributed by atoms with Crippen molar-refractivity contribution in [3.63, 3.8) is 0 Å². The Labute approximate surface area is 103 Å². The molecule has 0 aliphatic heterocycles. The Balaban J connectivity index is 2.22. The van der Waals surface area contributed by atoms with Crippen LogP contribution >= 0.6 is 0 Å². The number of benzene rings is 1. The van der Waals surface area contributed by atoms with E-state index in [-0.39, 0.29) is 5.82 Å². The number of hydrogen-bond donors (Lipinski definition) is 1. The Morgan fingerprint density at radius 1 is 1.41 bits per heavy atom. The summed E-state index contributed by atoms with van der Waals surface area (Å²) >= 11 is 0. The topological polar surface area (TPSA) is 15.3 Å². The highest BCUT2D eigenvalue weighted by Gasteiger charge is 2.25. The first kappa shape index (κ1) is 12.4. The van der Waals surface area contributed by atoms with Crippen LogP contribution in [-0.4, -0.2) is 19.6 Å². The van der Waals surface area contributed by atoms with E-state index >= 15 is 0 Å². The molecule has 0 aromatic heterocycles. The van der Waals surface area contributed by atoms with Gasteiger partial charge < -0.3 is 10.2 Å². The second-order valence-electron chi connectivity index (χ2n) is 4.72. The zero-order chi connectivity index (χ0) is 12.3. The van der Waals surface area contributed by atoms with E-state index in [1.54, 1.807) is 12.1 Å². The maximum absolute atomic E-state index is 14.0. The lowest BCUT2D eigenvalue weighted by Crippen LogP contribution is -2.38. The molecule has 0 radical (unpaired) electrons. The molecule has 1 saturated carbocycles. The zero-order valence-corrected chi connectivity index (χ0v) is 10.7. The van der Waals surface area contributed by atoms with Gasteiger partial charge in [0.1, 0.15) is 5.82 Å². The second kappa shape index (κ2) is 5.50. The first-order valence-corrected chi connectivity index (χ1v) is 6.45. The van der Waals surface area contributed by atoms with E-state index in [2.05, 4.69) is 17.1 Å². The van der Waals surface area contributed by atoms with Gasteiger partial charge in [0.2, 0.25) is 0 Å². The summed E-state index contributed by atoms with van der Waals surface area (Å²) in [6.07, 6.45) is 3.64. The largest absolute Gasteiger partial charge is 0.369 e. The average Bonchev–Trinajstić information content (AvgIpc) is 2.23. The van der Waals surface area contributed by atoms with Crippen LogP contribution in [-0.2, 0) is 6.54 Å². The van der Waals surface area contributed by atoms with Crippen LogP contribution < -0.4 is 10.2 Å². The summed E-state index contributed by atoms with van der Waals surface area (Å²) in [5, 5.41) is 3.27. The summed E-state index contributed by atoms with van der Waals surface area (Å²) < 4.78 is 14.0. The number of para-hydroxylation sites is 1. The highest BCUT2D eigenvalue weighted by molar-refractivity contribution is 5.55. The summed E-state index contributed by atoms with van der Waals surface area (Å²) in [5.74, 6) is -0.102. The molecule has 0 saturated heterocycles. The minimum absolute atomic E-state index is 0.102. The van der Waals surface area contributed by atoms with Crippen molar-refractivity contribution in [1.29, 1.82) is 0 Å². The molecule has 1 fully saturated rings. The van der Waals surface area contributed by atoms with E-state index in [4.69, 9.17) is 0 Å². The van der Waals surface area contributed by atoms with Crippen molar-refractivity contribution in [1.82, 2.24) is 5.32 Å². The van der Waals surface area contributed by atoms with Gasteiger partial charge in [-0.15, -0.1) is 0 Å². The zero-order valence-electron chi connectivity index (χ0n) is 10.7. The molecule has 0 bridgehead atoms. The number of nitrogens with zero attached hydrogens (tertiary/aromatic N) is 1.